The number of nitrogen functional groups attached to an aromatic ring is 1. The summed E-state index contributed by atoms with van der Waals surface area (Å²) >= 11 is 5.97. The molecule has 0 aliphatic heterocycles. The number of nitrogens with zero attached hydrogens (tertiary/aromatic N) is 4. The summed E-state index contributed by atoms with van der Waals surface area (Å²) in [5, 5.41) is 17.1. The highest BCUT2D eigenvalue weighted by atomic mass is 35.5. The molecule has 6 N–H and O–H groups in total. The molecule has 0 saturated carbocycles. The number of aliphatic hydroxyl groups is 1. The number of hydrogen-bond acceptors (Lipinski definition) is 7. The molecule has 3 amide bonds. The zero-order valence-electron chi connectivity index (χ0n) is 22.0. The molecule has 1 heterocycles. The molecule has 0 aliphatic carbocycles. The Kier molecular flexibility index (Phi) is 9.84. The standard InChI is InChI=1S/C26H33ClFN7O4/c1-15(14-36)34(23(38)13-35-21-8-7-16(29)11-18(21)25(32-35)26(30)39)12-22(37)31-20(9-10-33(2)3)17-5-4-6-19(27)24(17)28/h4-8,11,15,20,36H,9-10,12-14,29H2,1-3H3,(H2,30,39)(H,31,37)/t15?,20-/m1/s1. The summed E-state index contributed by atoms with van der Waals surface area (Å²) in [4.78, 5) is 41.5. The number of hydrogen-bond donors (Lipinski definition) is 4. The summed E-state index contributed by atoms with van der Waals surface area (Å²) in [5.41, 5.74) is 12.3. The lowest BCUT2D eigenvalue weighted by Crippen LogP contribution is -2.48. The van der Waals surface area contributed by atoms with Crippen molar-refractivity contribution in [1.82, 2.24) is 24.9 Å². The molecule has 1 unspecified atom stereocenters. The third kappa shape index (κ3) is 7.22. The average Bonchev–Trinajstić information content (AvgIpc) is 3.23. The Hall–Kier alpha value is -3.74. The first-order chi connectivity index (χ1) is 18.4. The van der Waals surface area contributed by atoms with Gasteiger partial charge in [-0.2, -0.15) is 5.10 Å². The predicted molar refractivity (Wildman–Crippen MR) is 146 cm³/mol. The molecule has 2 atom stereocenters. The van der Waals surface area contributed by atoms with Gasteiger partial charge >= 0.3 is 0 Å². The van der Waals surface area contributed by atoms with E-state index in [-0.39, 0.29) is 22.8 Å². The third-order valence-electron chi connectivity index (χ3n) is 6.28. The second-order valence-electron chi connectivity index (χ2n) is 9.56. The number of anilines is 1. The van der Waals surface area contributed by atoms with Gasteiger partial charge in [0.25, 0.3) is 5.91 Å². The summed E-state index contributed by atoms with van der Waals surface area (Å²) in [5.74, 6) is -2.50. The monoisotopic (exact) mass is 561 g/mol. The minimum Gasteiger partial charge on any atom is -0.399 e. The van der Waals surface area contributed by atoms with Crippen molar-refractivity contribution in [3.63, 3.8) is 0 Å². The smallest absolute Gasteiger partial charge is 0.269 e. The molecule has 13 heteroatoms. The first-order valence-electron chi connectivity index (χ1n) is 12.3. The average molecular weight is 562 g/mol. The number of amides is 3. The van der Waals surface area contributed by atoms with Gasteiger partial charge in [0.15, 0.2) is 5.69 Å². The Bertz CT molecular complexity index is 1360. The maximum absolute atomic E-state index is 14.8. The van der Waals surface area contributed by atoms with Gasteiger partial charge in [0.05, 0.1) is 35.8 Å². The number of rotatable bonds is 12. The van der Waals surface area contributed by atoms with E-state index in [4.69, 9.17) is 23.1 Å². The lowest BCUT2D eigenvalue weighted by molar-refractivity contribution is -0.139. The molecule has 0 aliphatic rings. The number of aromatic nitrogens is 2. The first-order valence-corrected chi connectivity index (χ1v) is 12.6. The van der Waals surface area contributed by atoms with Crippen LogP contribution in [0.15, 0.2) is 36.4 Å². The number of carbonyl (C=O) groups excluding carboxylic acids is 3. The van der Waals surface area contributed by atoms with Gasteiger partial charge in [-0.3, -0.25) is 19.1 Å². The number of nitrogens with one attached hydrogen (secondary N) is 1. The highest BCUT2D eigenvalue weighted by molar-refractivity contribution is 6.30. The van der Waals surface area contributed by atoms with E-state index in [0.29, 0.717) is 29.6 Å². The highest BCUT2D eigenvalue weighted by Crippen LogP contribution is 2.26. The Labute approximate surface area is 230 Å². The Morgan fingerprint density at radius 3 is 2.59 bits per heavy atom. The molecule has 11 nitrogen and oxygen atoms in total. The number of nitrogens with two attached hydrogens (primary N) is 2. The van der Waals surface area contributed by atoms with Crippen molar-refractivity contribution in [1.29, 1.82) is 0 Å². The normalized spacial score (nSPS) is 12.9. The summed E-state index contributed by atoms with van der Waals surface area (Å²) in [6.45, 7) is 0.983. The van der Waals surface area contributed by atoms with Crippen molar-refractivity contribution in [3.05, 3.63) is 58.5 Å². The largest absolute Gasteiger partial charge is 0.399 e. The predicted octanol–water partition coefficient (Wildman–Crippen LogP) is 1.53. The van der Waals surface area contributed by atoms with Crippen molar-refractivity contribution >= 4 is 45.9 Å². The second-order valence-corrected chi connectivity index (χ2v) is 9.96. The molecule has 1 aromatic heterocycles. The van der Waals surface area contributed by atoms with E-state index in [1.54, 1.807) is 31.2 Å². The van der Waals surface area contributed by atoms with Crippen molar-refractivity contribution in [2.45, 2.75) is 32.0 Å². The Morgan fingerprint density at radius 2 is 1.95 bits per heavy atom. The van der Waals surface area contributed by atoms with E-state index >= 15 is 0 Å². The lowest BCUT2D eigenvalue weighted by Gasteiger charge is -2.29. The van der Waals surface area contributed by atoms with Crippen LogP contribution in [0, 0.1) is 5.82 Å². The van der Waals surface area contributed by atoms with Crippen LogP contribution >= 0.6 is 11.6 Å². The summed E-state index contributed by atoms with van der Waals surface area (Å²) < 4.78 is 16.1. The highest BCUT2D eigenvalue weighted by Gasteiger charge is 2.27. The number of halogens is 2. The molecule has 0 fully saturated rings. The van der Waals surface area contributed by atoms with E-state index in [0.717, 1.165) is 0 Å². The van der Waals surface area contributed by atoms with Gasteiger partial charge in [-0.15, -0.1) is 0 Å². The number of fused-ring (bicyclic) bond motifs is 1. The second kappa shape index (κ2) is 12.9. The molecule has 2 aromatic carbocycles. The maximum Gasteiger partial charge on any atom is 0.269 e. The van der Waals surface area contributed by atoms with Crippen molar-refractivity contribution in [2.24, 2.45) is 5.73 Å². The zero-order valence-corrected chi connectivity index (χ0v) is 22.8. The third-order valence-corrected chi connectivity index (χ3v) is 6.57. The van der Waals surface area contributed by atoms with Crippen LogP contribution in [-0.2, 0) is 16.1 Å². The van der Waals surface area contributed by atoms with Crippen LogP contribution in [0.5, 0.6) is 0 Å². The van der Waals surface area contributed by atoms with E-state index in [9.17, 15) is 23.9 Å². The molecule has 39 heavy (non-hydrogen) atoms. The summed E-state index contributed by atoms with van der Waals surface area (Å²) in [7, 11) is 3.71. The fourth-order valence-corrected chi connectivity index (χ4v) is 4.37. The molecular weight excluding hydrogens is 529 g/mol. The number of primary amides is 1. The minimum atomic E-state index is -0.784. The van der Waals surface area contributed by atoms with Crippen molar-refractivity contribution in [2.75, 3.05) is 39.5 Å². The van der Waals surface area contributed by atoms with Gasteiger partial charge in [0.2, 0.25) is 11.8 Å². The fourth-order valence-electron chi connectivity index (χ4n) is 4.18. The quantitative estimate of drug-likeness (QED) is 0.244. The maximum atomic E-state index is 14.8. The van der Waals surface area contributed by atoms with Gasteiger partial charge in [0.1, 0.15) is 12.4 Å². The summed E-state index contributed by atoms with van der Waals surface area (Å²) in [6.07, 6.45) is 0.387. The number of aliphatic hydroxyl groups excluding tert-OH is 1. The molecule has 3 rings (SSSR count). The zero-order chi connectivity index (χ0) is 28.9. The lowest BCUT2D eigenvalue weighted by atomic mass is 10.0. The van der Waals surface area contributed by atoms with Crippen LogP contribution in [0.1, 0.15) is 35.4 Å². The van der Waals surface area contributed by atoms with Crippen LogP contribution in [0.2, 0.25) is 5.02 Å². The minimum absolute atomic E-state index is 0.0446. The van der Waals surface area contributed by atoms with Crippen LogP contribution in [0.4, 0.5) is 10.1 Å². The van der Waals surface area contributed by atoms with E-state index in [2.05, 4.69) is 10.4 Å². The molecule has 0 spiro atoms. The SMILES string of the molecule is CC(CO)N(CC(=O)N[C@H](CCN(C)C)c1cccc(Cl)c1F)C(=O)Cn1nc(C(N)=O)c2cc(N)ccc21. The topological polar surface area (TPSA) is 160 Å². The molecule has 0 saturated heterocycles. The molecule has 3 aromatic rings. The fraction of sp³-hybridized carbons (Fsp3) is 0.385. The van der Waals surface area contributed by atoms with Gasteiger partial charge in [-0.25, -0.2) is 4.39 Å². The molecular formula is C26H33ClFN7O4. The number of carbonyl (C=O) groups is 3. The molecule has 0 bridgehead atoms. The molecule has 210 valence electrons. The van der Waals surface area contributed by atoms with Crippen LogP contribution in [-0.4, -0.2) is 82.2 Å². The van der Waals surface area contributed by atoms with Crippen molar-refractivity contribution < 1.29 is 23.9 Å². The summed E-state index contributed by atoms with van der Waals surface area (Å²) in [6, 6.07) is 7.88. The van der Waals surface area contributed by atoms with E-state index in [1.807, 2.05) is 19.0 Å². The Balaban J connectivity index is 1.84. The molecule has 0 radical (unpaired) electrons. The van der Waals surface area contributed by atoms with Gasteiger partial charge in [-0.1, -0.05) is 23.7 Å². The number of benzene rings is 2. The Morgan fingerprint density at radius 1 is 1.23 bits per heavy atom. The van der Waals surface area contributed by atoms with Crippen molar-refractivity contribution in [3.8, 4) is 0 Å². The van der Waals surface area contributed by atoms with E-state index < -0.39 is 48.8 Å². The van der Waals surface area contributed by atoms with Crippen LogP contribution in [0.25, 0.3) is 10.9 Å². The first kappa shape index (κ1) is 29.8. The van der Waals surface area contributed by atoms with Gasteiger partial charge in [-0.05, 0) is 58.3 Å². The van der Waals surface area contributed by atoms with Crippen LogP contribution in [0.3, 0.4) is 0 Å². The van der Waals surface area contributed by atoms with Gasteiger partial charge < -0.3 is 31.7 Å². The van der Waals surface area contributed by atoms with Gasteiger partial charge in [0, 0.05) is 16.6 Å². The van der Waals surface area contributed by atoms with E-state index in [1.165, 1.54) is 21.7 Å². The van der Waals surface area contributed by atoms with Crippen LogP contribution < -0.4 is 16.8 Å².